The minimum absolute atomic E-state index is 0.0522. The second-order valence-corrected chi connectivity index (χ2v) is 9.10. The largest absolute Gasteiger partial charge is 0.481 e. The van der Waals surface area contributed by atoms with E-state index in [0.717, 1.165) is 16.7 Å². The van der Waals surface area contributed by atoms with E-state index in [4.69, 9.17) is 9.52 Å². The Labute approximate surface area is 184 Å². The van der Waals surface area contributed by atoms with Crippen molar-refractivity contribution in [3.63, 3.8) is 0 Å². The number of nitrogens with one attached hydrogen (secondary N) is 1. The van der Waals surface area contributed by atoms with Gasteiger partial charge in [-0.1, -0.05) is 12.1 Å². The van der Waals surface area contributed by atoms with Crippen molar-refractivity contribution in [2.75, 3.05) is 7.11 Å². The van der Waals surface area contributed by atoms with Gasteiger partial charge in [0.05, 0.1) is 36.2 Å². The monoisotopic (exact) mass is 458 g/mol. The summed E-state index contributed by atoms with van der Waals surface area (Å²) in [6, 6.07) is 14.2. The van der Waals surface area contributed by atoms with Crippen LogP contribution < -0.4 is 9.47 Å². The molecule has 1 atom stereocenters. The lowest BCUT2D eigenvalue weighted by Crippen LogP contribution is -2.21. The average Bonchev–Trinajstić information content (AvgIpc) is 2.79. The molecular formula is C22H20F2N4O3S. The summed E-state index contributed by atoms with van der Waals surface area (Å²) in [6.45, 7) is -1.82. The van der Waals surface area contributed by atoms with Gasteiger partial charge in [0.1, 0.15) is 15.5 Å². The molecule has 2 aromatic carbocycles. The predicted octanol–water partition coefficient (Wildman–Crippen LogP) is 4.51. The Morgan fingerprint density at radius 2 is 1.88 bits per heavy atom. The van der Waals surface area contributed by atoms with Gasteiger partial charge in [0, 0.05) is 17.8 Å². The number of hydrogen-bond acceptors (Lipinski definition) is 7. The summed E-state index contributed by atoms with van der Waals surface area (Å²) in [5.41, 5.74) is 2.75. The Bertz CT molecular complexity index is 1230. The van der Waals surface area contributed by atoms with Crippen LogP contribution >= 0.6 is 0 Å². The molecule has 0 saturated carbocycles. The molecular weight excluding hydrogens is 438 g/mol. The number of rotatable bonds is 7. The van der Waals surface area contributed by atoms with Crippen LogP contribution in [0, 0.1) is 4.78 Å². The molecule has 1 aromatic heterocycles. The highest BCUT2D eigenvalue weighted by atomic mass is 32.2. The van der Waals surface area contributed by atoms with Crippen LogP contribution in [0.25, 0.3) is 0 Å². The Kier molecular flexibility index (Phi) is 6.04. The van der Waals surface area contributed by atoms with E-state index in [0.29, 0.717) is 23.9 Å². The van der Waals surface area contributed by atoms with E-state index < -0.39 is 16.3 Å². The van der Waals surface area contributed by atoms with E-state index in [1.165, 1.54) is 24.3 Å². The minimum atomic E-state index is -3.32. The van der Waals surface area contributed by atoms with Crippen molar-refractivity contribution >= 4 is 15.9 Å². The topological polar surface area (TPSA) is 87.9 Å². The molecule has 4 rings (SSSR count). The van der Waals surface area contributed by atoms with Crippen LogP contribution in [-0.4, -0.2) is 34.1 Å². The van der Waals surface area contributed by atoms with Crippen molar-refractivity contribution in [2.24, 2.45) is 5.10 Å². The van der Waals surface area contributed by atoms with Gasteiger partial charge in [0.15, 0.2) is 0 Å². The summed E-state index contributed by atoms with van der Waals surface area (Å²) >= 11 is 0. The first-order chi connectivity index (χ1) is 15.3. The molecule has 3 aromatic rings. The van der Waals surface area contributed by atoms with Gasteiger partial charge in [-0.15, -0.1) is 0 Å². The molecule has 0 bridgehead atoms. The first-order valence-corrected chi connectivity index (χ1v) is 11.2. The Morgan fingerprint density at radius 3 is 2.53 bits per heavy atom. The number of ether oxygens (including phenoxy) is 2. The predicted molar refractivity (Wildman–Crippen MR) is 115 cm³/mol. The highest BCUT2D eigenvalue weighted by Crippen LogP contribution is 2.27. The molecule has 0 aliphatic carbocycles. The zero-order chi connectivity index (χ0) is 22.7. The van der Waals surface area contributed by atoms with E-state index in [1.807, 2.05) is 17.1 Å². The zero-order valence-electron chi connectivity index (χ0n) is 17.1. The van der Waals surface area contributed by atoms with Crippen molar-refractivity contribution < 1.29 is 22.5 Å². The maximum absolute atomic E-state index is 13.2. The summed E-state index contributed by atoms with van der Waals surface area (Å²) in [5.74, 6) is 0.493. The van der Waals surface area contributed by atoms with Crippen LogP contribution in [0.15, 0.2) is 75.7 Å². The van der Waals surface area contributed by atoms with Crippen LogP contribution in [0.1, 0.15) is 16.7 Å². The third-order valence-electron chi connectivity index (χ3n) is 4.91. The number of aromatic nitrogens is 1. The molecule has 1 aliphatic heterocycles. The van der Waals surface area contributed by atoms with E-state index in [2.05, 4.69) is 14.8 Å². The van der Waals surface area contributed by atoms with Crippen LogP contribution in [0.4, 0.5) is 8.78 Å². The summed E-state index contributed by atoms with van der Waals surface area (Å²) in [4.78, 5) is 4.72. The minimum Gasteiger partial charge on any atom is -0.481 e. The normalized spacial score (nSPS) is 14.7. The molecule has 10 heteroatoms. The molecule has 32 heavy (non-hydrogen) atoms. The molecule has 0 saturated heterocycles. The Morgan fingerprint density at radius 1 is 1.12 bits per heavy atom. The van der Waals surface area contributed by atoms with E-state index in [1.54, 1.807) is 37.7 Å². The van der Waals surface area contributed by atoms with Crippen molar-refractivity contribution in [1.29, 1.82) is 4.78 Å². The molecule has 1 N–H and O–H groups in total. The first kappa shape index (κ1) is 21.7. The number of halogens is 2. The summed E-state index contributed by atoms with van der Waals surface area (Å²) in [6.07, 6.45) is 3.41. The molecule has 0 radical (unpaired) electrons. The highest BCUT2D eigenvalue weighted by molar-refractivity contribution is 7.92. The SMILES string of the molecule is COc1ccc(CN2Cc3ccc([S@](=N)(=O)c4ccc(OC(F)F)cc4)cc3C=N2)cn1. The van der Waals surface area contributed by atoms with Gasteiger partial charge in [0.25, 0.3) is 0 Å². The number of benzene rings is 2. The molecule has 0 unspecified atom stereocenters. The maximum atomic E-state index is 13.2. The van der Waals surface area contributed by atoms with Gasteiger partial charge >= 0.3 is 6.61 Å². The van der Waals surface area contributed by atoms with Crippen molar-refractivity contribution in [1.82, 2.24) is 9.99 Å². The lowest BCUT2D eigenvalue weighted by atomic mass is 10.1. The highest BCUT2D eigenvalue weighted by Gasteiger charge is 2.19. The summed E-state index contributed by atoms with van der Waals surface area (Å²) < 4.78 is 55.6. The van der Waals surface area contributed by atoms with Crippen molar-refractivity contribution in [3.8, 4) is 11.6 Å². The number of pyridine rings is 1. The Hall–Kier alpha value is -3.53. The number of alkyl halides is 2. The van der Waals surface area contributed by atoms with Crippen LogP contribution in [0.5, 0.6) is 11.6 Å². The quantitative estimate of drug-likeness (QED) is 0.563. The second kappa shape index (κ2) is 8.91. The van der Waals surface area contributed by atoms with Gasteiger partial charge in [-0.2, -0.15) is 13.9 Å². The molecule has 0 fully saturated rings. The molecule has 7 nitrogen and oxygen atoms in total. The fourth-order valence-corrected chi connectivity index (χ4v) is 4.62. The van der Waals surface area contributed by atoms with Crippen molar-refractivity contribution in [3.05, 3.63) is 77.5 Å². The maximum Gasteiger partial charge on any atom is 0.387 e. The van der Waals surface area contributed by atoms with E-state index in [-0.39, 0.29) is 10.6 Å². The van der Waals surface area contributed by atoms with Crippen LogP contribution in [0.3, 0.4) is 0 Å². The Balaban J connectivity index is 1.50. The van der Waals surface area contributed by atoms with Gasteiger partial charge in [-0.25, -0.2) is 14.0 Å². The zero-order valence-corrected chi connectivity index (χ0v) is 17.9. The molecule has 166 valence electrons. The summed E-state index contributed by atoms with van der Waals surface area (Å²) in [7, 11) is -1.76. The van der Waals surface area contributed by atoms with Crippen LogP contribution in [-0.2, 0) is 22.8 Å². The van der Waals surface area contributed by atoms with Gasteiger partial charge in [0.2, 0.25) is 5.88 Å². The average molecular weight is 458 g/mol. The van der Waals surface area contributed by atoms with E-state index in [9.17, 15) is 13.0 Å². The van der Waals surface area contributed by atoms with Gasteiger partial charge in [-0.3, -0.25) is 5.01 Å². The second-order valence-electron chi connectivity index (χ2n) is 7.04. The molecule has 0 spiro atoms. The molecule has 2 heterocycles. The fraction of sp³-hybridized carbons (Fsp3) is 0.182. The third kappa shape index (κ3) is 4.70. The fourth-order valence-electron chi connectivity index (χ4n) is 3.28. The lowest BCUT2D eigenvalue weighted by Gasteiger charge is -2.24. The third-order valence-corrected chi connectivity index (χ3v) is 6.77. The number of hydrogen-bond donors (Lipinski definition) is 1. The van der Waals surface area contributed by atoms with Gasteiger partial charge < -0.3 is 9.47 Å². The molecule has 1 aliphatic rings. The number of nitrogens with zero attached hydrogens (tertiary/aromatic N) is 3. The smallest absolute Gasteiger partial charge is 0.387 e. The molecule has 0 amide bonds. The number of fused-ring (bicyclic) bond motifs is 1. The van der Waals surface area contributed by atoms with Crippen LogP contribution in [0.2, 0.25) is 0 Å². The van der Waals surface area contributed by atoms with Crippen molar-refractivity contribution in [2.45, 2.75) is 29.5 Å². The number of methoxy groups -OCH3 is 1. The van der Waals surface area contributed by atoms with E-state index >= 15 is 0 Å². The van der Waals surface area contributed by atoms with Gasteiger partial charge in [-0.05, 0) is 47.5 Å². The number of hydrazone groups is 1. The standard InChI is InChI=1S/C22H20F2N4O3S/c1-30-21-9-2-15(11-26-21)13-28-14-16-3-6-20(10-17(16)12-27-28)32(25,29)19-7-4-18(5-8-19)31-22(23)24/h2-12,22,25H,13-14H2,1H3/t32-/m1/s1. The summed E-state index contributed by atoms with van der Waals surface area (Å²) in [5, 5.41) is 6.33. The first-order valence-electron chi connectivity index (χ1n) is 9.59. The lowest BCUT2D eigenvalue weighted by molar-refractivity contribution is -0.0498.